The van der Waals surface area contributed by atoms with Gasteiger partial charge in [-0.1, -0.05) is 6.92 Å². The lowest BCUT2D eigenvalue weighted by Gasteiger charge is -2.30. The number of hydrogen-bond acceptors (Lipinski definition) is 4. The number of piperidine rings is 1. The van der Waals surface area contributed by atoms with E-state index in [1.807, 2.05) is 0 Å². The summed E-state index contributed by atoms with van der Waals surface area (Å²) in [6.45, 7) is 6.02. The van der Waals surface area contributed by atoms with E-state index in [1.165, 1.54) is 31.3 Å². The molecular formula is C14H21N3O2. The van der Waals surface area contributed by atoms with Gasteiger partial charge in [-0.15, -0.1) is 0 Å². The van der Waals surface area contributed by atoms with Gasteiger partial charge in [0.2, 0.25) is 0 Å². The van der Waals surface area contributed by atoms with Crippen LogP contribution in [0, 0.1) is 5.92 Å². The van der Waals surface area contributed by atoms with Crippen molar-refractivity contribution in [3.63, 3.8) is 0 Å². The molecule has 0 aliphatic carbocycles. The summed E-state index contributed by atoms with van der Waals surface area (Å²) in [6, 6.07) is 1.42. The molecule has 0 atom stereocenters. The van der Waals surface area contributed by atoms with Crippen LogP contribution in [0.1, 0.15) is 30.1 Å². The smallest absolute Gasteiger partial charge is 0.253 e. The second-order valence-electron chi connectivity index (χ2n) is 5.21. The molecule has 5 nitrogen and oxygen atoms in total. The van der Waals surface area contributed by atoms with Crippen molar-refractivity contribution in [3.05, 3.63) is 24.0 Å². The fourth-order valence-electron chi connectivity index (χ4n) is 2.27. The van der Waals surface area contributed by atoms with Crippen LogP contribution in [-0.4, -0.2) is 47.1 Å². The first-order valence-electron chi connectivity index (χ1n) is 6.79. The molecular weight excluding hydrogens is 242 g/mol. The van der Waals surface area contributed by atoms with E-state index in [0.29, 0.717) is 12.1 Å². The molecule has 0 saturated carbocycles. The lowest BCUT2D eigenvalue weighted by molar-refractivity contribution is 0.0943. The Bertz CT molecular complexity index is 428. The van der Waals surface area contributed by atoms with Crippen LogP contribution >= 0.6 is 0 Å². The van der Waals surface area contributed by atoms with Gasteiger partial charge in [-0.3, -0.25) is 9.78 Å². The Balaban J connectivity index is 1.72. The highest BCUT2D eigenvalue weighted by Gasteiger charge is 2.15. The van der Waals surface area contributed by atoms with E-state index in [0.717, 1.165) is 25.6 Å². The summed E-state index contributed by atoms with van der Waals surface area (Å²) < 4.78 is 0. The quantitative estimate of drug-likeness (QED) is 0.858. The first-order valence-corrected chi connectivity index (χ1v) is 6.79. The lowest BCUT2D eigenvalue weighted by atomic mass is 9.99. The third-order valence-corrected chi connectivity index (χ3v) is 3.58. The van der Waals surface area contributed by atoms with Crippen LogP contribution in [0.5, 0.6) is 5.75 Å². The third kappa shape index (κ3) is 4.21. The number of rotatable bonds is 4. The summed E-state index contributed by atoms with van der Waals surface area (Å²) in [5, 5.41) is 12.1. The third-order valence-electron chi connectivity index (χ3n) is 3.58. The number of pyridine rings is 1. The van der Waals surface area contributed by atoms with E-state index >= 15 is 0 Å². The molecule has 1 saturated heterocycles. The zero-order valence-electron chi connectivity index (χ0n) is 11.3. The van der Waals surface area contributed by atoms with Crippen molar-refractivity contribution in [1.29, 1.82) is 0 Å². The maximum atomic E-state index is 11.8. The second kappa shape index (κ2) is 6.52. The van der Waals surface area contributed by atoms with E-state index in [1.54, 1.807) is 0 Å². The van der Waals surface area contributed by atoms with E-state index < -0.39 is 0 Å². The molecule has 1 aliphatic heterocycles. The molecule has 1 aromatic rings. The molecule has 104 valence electrons. The molecule has 1 amide bonds. The molecule has 0 radical (unpaired) electrons. The van der Waals surface area contributed by atoms with Crippen molar-refractivity contribution in [2.45, 2.75) is 19.8 Å². The number of carbonyl (C=O) groups is 1. The standard InChI is InChI=1S/C14H21N3O2/c1-11-2-5-17(6-3-11)7-4-16-14(19)12-8-13(18)10-15-9-12/h8-11,18H,2-7H2,1H3,(H,16,19). The molecule has 1 aliphatic rings. The molecule has 0 unspecified atom stereocenters. The number of carbonyl (C=O) groups excluding carboxylic acids is 1. The normalized spacial score (nSPS) is 17.3. The van der Waals surface area contributed by atoms with Crippen molar-refractivity contribution in [2.24, 2.45) is 5.92 Å². The fraction of sp³-hybridized carbons (Fsp3) is 0.571. The predicted octanol–water partition coefficient (Wildman–Crippen LogP) is 1.25. The summed E-state index contributed by atoms with van der Waals surface area (Å²) in [4.78, 5) is 18.0. The number of aromatic hydroxyl groups is 1. The van der Waals surface area contributed by atoms with Crippen molar-refractivity contribution in [3.8, 4) is 5.75 Å². The molecule has 2 heterocycles. The summed E-state index contributed by atoms with van der Waals surface area (Å²) in [5.41, 5.74) is 0.396. The maximum Gasteiger partial charge on any atom is 0.253 e. The number of aromatic nitrogens is 1. The summed E-state index contributed by atoms with van der Waals surface area (Å²) in [7, 11) is 0. The van der Waals surface area contributed by atoms with Gasteiger partial charge in [0, 0.05) is 19.3 Å². The minimum Gasteiger partial charge on any atom is -0.506 e. The van der Waals surface area contributed by atoms with Crippen LogP contribution in [0.2, 0.25) is 0 Å². The number of hydrogen-bond donors (Lipinski definition) is 2. The maximum absolute atomic E-state index is 11.8. The minimum absolute atomic E-state index is 0.0117. The summed E-state index contributed by atoms with van der Waals surface area (Å²) in [6.07, 6.45) is 5.25. The highest BCUT2D eigenvalue weighted by molar-refractivity contribution is 5.94. The highest BCUT2D eigenvalue weighted by Crippen LogP contribution is 2.15. The highest BCUT2D eigenvalue weighted by atomic mass is 16.3. The Kier molecular flexibility index (Phi) is 4.74. The molecule has 0 aromatic carbocycles. The number of nitrogens with zero attached hydrogens (tertiary/aromatic N) is 2. The molecule has 19 heavy (non-hydrogen) atoms. The average molecular weight is 263 g/mol. The zero-order valence-corrected chi connectivity index (χ0v) is 11.3. The van der Waals surface area contributed by atoms with Gasteiger partial charge in [0.05, 0.1) is 11.8 Å². The zero-order chi connectivity index (χ0) is 13.7. The van der Waals surface area contributed by atoms with Gasteiger partial charge in [-0.25, -0.2) is 0 Å². The molecule has 0 spiro atoms. The van der Waals surface area contributed by atoms with Crippen molar-refractivity contribution in [2.75, 3.05) is 26.2 Å². The molecule has 2 rings (SSSR count). The predicted molar refractivity (Wildman–Crippen MR) is 73.1 cm³/mol. The average Bonchev–Trinajstić information content (AvgIpc) is 2.41. The van der Waals surface area contributed by atoms with Crippen LogP contribution in [0.3, 0.4) is 0 Å². The van der Waals surface area contributed by atoms with E-state index in [-0.39, 0.29) is 11.7 Å². The van der Waals surface area contributed by atoms with Crippen LogP contribution < -0.4 is 5.32 Å². The fourth-order valence-corrected chi connectivity index (χ4v) is 2.27. The van der Waals surface area contributed by atoms with Gasteiger partial charge in [0.15, 0.2) is 0 Å². The topological polar surface area (TPSA) is 65.5 Å². The summed E-state index contributed by atoms with van der Waals surface area (Å²) >= 11 is 0. The van der Waals surface area contributed by atoms with Crippen molar-refractivity contribution in [1.82, 2.24) is 15.2 Å². The van der Waals surface area contributed by atoms with Crippen LogP contribution in [0.15, 0.2) is 18.5 Å². The Morgan fingerprint density at radius 3 is 2.89 bits per heavy atom. The Labute approximate surface area is 113 Å². The van der Waals surface area contributed by atoms with Gasteiger partial charge in [0.25, 0.3) is 5.91 Å². The van der Waals surface area contributed by atoms with Gasteiger partial charge >= 0.3 is 0 Å². The number of nitrogens with one attached hydrogen (secondary N) is 1. The van der Waals surface area contributed by atoms with E-state index in [4.69, 9.17) is 0 Å². The molecule has 5 heteroatoms. The molecule has 1 aromatic heterocycles. The van der Waals surface area contributed by atoms with Gasteiger partial charge < -0.3 is 15.3 Å². The SMILES string of the molecule is CC1CCN(CCNC(=O)c2cncc(O)c2)CC1. The van der Waals surface area contributed by atoms with Crippen molar-refractivity contribution < 1.29 is 9.90 Å². The lowest BCUT2D eigenvalue weighted by Crippen LogP contribution is -2.39. The molecule has 2 N–H and O–H groups in total. The van der Waals surface area contributed by atoms with E-state index in [2.05, 4.69) is 22.1 Å². The monoisotopic (exact) mass is 263 g/mol. The molecule has 1 fully saturated rings. The summed E-state index contributed by atoms with van der Waals surface area (Å²) in [5.74, 6) is 0.649. The first-order chi connectivity index (χ1) is 9.15. The largest absolute Gasteiger partial charge is 0.506 e. The van der Waals surface area contributed by atoms with Crippen LogP contribution in [-0.2, 0) is 0 Å². The molecule has 0 bridgehead atoms. The van der Waals surface area contributed by atoms with Gasteiger partial charge in [-0.2, -0.15) is 0 Å². The number of likely N-dealkylation sites (tertiary alicyclic amines) is 1. The van der Waals surface area contributed by atoms with Crippen molar-refractivity contribution >= 4 is 5.91 Å². The number of amides is 1. The van der Waals surface area contributed by atoms with Gasteiger partial charge in [-0.05, 0) is 37.9 Å². The second-order valence-corrected chi connectivity index (χ2v) is 5.21. The Hall–Kier alpha value is -1.62. The van der Waals surface area contributed by atoms with E-state index in [9.17, 15) is 9.90 Å². The van der Waals surface area contributed by atoms with Crippen LogP contribution in [0.4, 0.5) is 0 Å². The van der Waals surface area contributed by atoms with Crippen LogP contribution in [0.25, 0.3) is 0 Å². The Morgan fingerprint density at radius 2 is 2.21 bits per heavy atom. The van der Waals surface area contributed by atoms with Gasteiger partial charge in [0.1, 0.15) is 5.75 Å². The first kappa shape index (κ1) is 13.8. The minimum atomic E-state index is -0.186. The Morgan fingerprint density at radius 1 is 1.47 bits per heavy atom.